The molecule has 1 N–H and O–H groups in total. The van der Waals surface area contributed by atoms with Crippen LogP contribution in [0.4, 0.5) is 0 Å². The molecule has 0 spiro atoms. The van der Waals surface area contributed by atoms with Crippen molar-refractivity contribution in [3.05, 3.63) is 28.1 Å². The second kappa shape index (κ2) is 3.59. The molecule has 0 saturated heterocycles. The van der Waals surface area contributed by atoms with Crippen LogP contribution in [0.3, 0.4) is 0 Å². The Balaban J connectivity index is 2.46. The Kier molecular flexibility index (Phi) is 2.28. The van der Waals surface area contributed by atoms with Crippen molar-refractivity contribution in [1.29, 1.82) is 0 Å². The molecule has 0 aromatic carbocycles. The van der Waals surface area contributed by atoms with E-state index in [-0.39, 0.29) is 4.87 Å². The van der Waals surface area contributed by atoms with E-state index in [2.05, 4.69) is 15.2 Å². The molecule has 5 nitrogen and oxygen atoms in total. The highest BCUT2D eigenvalue weighted by Gasteiger charge is 2.04. The molecule has 0 fully saturated rings. The molecule has 0 aliphatic carbocycles. The van der Waals surface area contributed by atoms with E-state index < -0.39 is 0 Å². The molecule has 0 atom stereocenters. The molecule has 0 radical (unpaired) electrons. The largest absolute Gasteiger partial charge is 0.495 e. The molecule has 6 heteroatoms. The molecule has 0 bridgehead atoms. The second-order valence-electron chi connectivity index (χ2n) is 2.53. The lowest BCUT2D eigenvalue weighted by molar-refractivity contribution is 0.413. The van der Waals surface area contributed by atoms with E-state index in [9.17, 15) is 4.79 Å². The average molecular weight is 209 g/mol. The molecule has 2 aromatic heterocycles. The Morgan fingerprint density at radius 2 is 2.36 bits per heavy atom. The van der Waals surface area contributed by atoms with E-state index in [4.69, 9.17) is 4.74 Å². The highest BCUT2D eigenvalue weighted by atomic mass is 32.1. The van der Waals surface area contributed by atoms with Crippen molar-refractivity contribution in [2.75, 3.05) is 7.11 Å². The van der Waals surface area contributed by atoms with Gasteiger partial charge in [0.2, 0.25) is 0 Å². The fourth-order valence-electron chi connectivity index (χ4n) is 1.00. The zero-order valence-electron chi connectivity index (χ0n) is 7.35. The first-order valence-electron chi connectivity index (χ1n) is 3.84. The summed E-state index contributed by atoms with van der Waals surface area (Å²) in [5.41, 5.74) is 0.771. The summed E-state index contributed by atoms with van der Waals surface area (Å²) in [6, 6.07) is 1.78. The summed E-state index contributed by atoms with van der Waals surface area (Å²) in [6.07, 6.45) is 3.23. The van der Waals surface area contributed by atoms with Crippen LogP contribution in [-0.4, -0.2) is 22.3 Å². The van der Waals surface area contributed by atoms with Gasteiger partial charge in [-0.2, -0.15) is 5.10 Å². The van der Waals surface area contributed by atoms with Crippen LogP contribution in [0.5, 0.6) is 5.75 Å². The third kappa shape index (κ3) is 1.64. The Morgan fingerprint density at radius 1 is 1.50 bits per heavy atom. The average Bonchev–Trinajstić information content (AvgIpc) is 2.65. The number of nitrogens with one attached hydrogen (secondary N) is 1. The van der Waals surface area contributed by atoms with E-state index >= 15 is 0 Å². The number of aromatic amines is 1. The normalized spacial score (nSPS) is 10.1. The molecule has 2 rings (SSSR count). The van der Waals surface area contributed by atoms with Gasteiger partial charge in [0.25, 0.3) is 0 Å². The summed E-state index contributed by atoms with van der Waals surface area (Å²) >= 11 is 1.04. The minimum Gasteiger partial charge on any atom is -0.495 e. The van der Waals surface area contributed by atoms with Gasteiger partial charge in [0.1, 0.15) is 10.8 Å². The van der Waals surface area contributed by atoms with Crippen LogP contribution < -0.4 is 9.61 Å². The van der Waals surface area contributed by atoms with Gasteiger partial charge in [0.15, 0.2) is 0 Å². The molecular formula is C8H7N3O2S. The van der Waals surface area contributed by atoms with E-state index in [1.807, 2.05) is 0 Å². The fraction of sp³-hybridized carbons (Fsp3) is 0.125. The van der Waals surface area contributed by atoms with Gasteiger partial charge in [-0.1, -0.05) is 11.3 Å². The van der Waals surface area contributed by atoms with Crippen LogP contribution in [0.1, 0.15) is 0 Å². The maximum Gasteiger partial charge on any atom is 0.322 e. The number of hydrogen-bond acceptors (Lipinski definition) is 5. The summed E-state index contributed by atoms with van der Waals surface area (Å²) in [4.78, 5) is 14.7. The van der Waals surface area contributed by atoms with E-state index in [0.717, 1.165) is 16.9 Å². The van der Waals surface area contributed by atoms with Crippen LogP contribution >= 0.6 is 11.3 Å². The third-order valence-electron chi connectivity index (χ3n) is 1.63. The highest BCUT2D eigenvalue weighted by Crippen LogP contribution is 2.21. The SMILES string of the molecule is COc1cncc(-c2n[nH]c(=O)s2)c1. The van der Waals surface area contributed by atoms with Gasteiger partial charge in [0, 0.05) is 11.8 Å². The first-order chi connectivity index (χ1) is 6.79. The topological polar surface area (TPSA) is 67.9 Å². The molecule has 0 aliphatic rings. The van der Waals surface area contributed by atoms with Crippen molar-refractivity contribution in [2.45, 2.75) is 0 Å². The minimum atomic E-state index is -0.178. The summed E-state index contributed by atoms with van der Waals surface area (Å²) in [5, 5.41) is 6.81. The molecule has 2 aromatic rings. The van der Waals surface area contributed by atoms with Gasteiger partial charge in [-0.25, -0.2) is 5.10 Å². The van der Waals surface area contributed by atoms with Gasteiger partial charge in [0.05, 0.1) is 13.3 Å². The first-order valence-corrected chi connectivity index (χ1v) is 4.66. The number of methoxy groups -OCH3 is 1. The maximum absolute atomic E-state index is 10.9. The number of H-pyrrole nitrogens is 1. The van der Waals surface area contributed by atoms with Gasteiger partial charge in [-0.05, 0) is 6.07 Å². The van der Waals surface area contributed by atoms with E-state index in [1.54, 1.807) is 25.6 Å². The number of nitrogens with zero attached hydrogens (tertiary/aromatic N) is 2. The Hall–Kier alpha value is -1.69. The van der Waals surface area contributed by atoms with Gasteiger partial charge >= 0.3 is 4.87 Å². The number of rotatable bonds is 2. The van der Waals surface area contributed by atoms with Crippen molar-refractivity contribution in [3.8, 4) is 16.3 Å². The molecule has 0 unspecified atom stereocenters. The van der Waals surface area contributed by atoms with Crippen molar-refractivity contribution in [3.63, 3.8) is 0 Å². The molecule has 72 valence electrons. The lowest BCUT2D eigenvalue weighted by Crippen LogP contribution is -1.90. The van der Waals surface area contributed by atoms with Gasteiger partial charge in [-0.15, -0.1) is 0 Å². The second-order valence-corrected chi connectivity index (χ2v) is 3.49. The monoisotopic (exact) mass is 209 g/mol. The van der Waals surface area contributed by atoms with Crippen LogP contribution in [0.15, 0.2) is 23.3 Å². The minimum absolute atomic E-state index is 0.178. The van der Waals surface area contributed by atoms with E-state index in [1.165, 1.54) is 0 Å². The van der Waals surface area contributed by atoms with Crippen molar-refractivity contribution < 1.29 is 4.74 Å². The molecule has 0 amide bonds. The number of pyridine rings is 1. The van der Waals surface area contributed by atoms with Gasteiger partial charge in [-0.3, -0.25) is 9.78 Å². The van der Waals surface area contributed by atoms with Crippen molar-refractivity contribution in [1.82, 2.24) is 15.2 Å². The summed E-state index contributed by atoms with van der Waals surface area (Å²) in [6.45, 7) is 0. The number of ether oxygens (including phenoxy) is 1. The van der Waals surface area contributed by atoms with Crippen molar-refractivity contribution >= 4 is 11.3 Å². The lowest BCUT2D eigenvalue weighted by Gasteiger charge is -1.99. The Morgan fingerprint density at radius 3 is 3.00 bits per heavy atom. The molecule has 0 saturated carbocycles. The smallest absolute Gasteiger partial charge is 0.322 e. The van der Waals surface area contributed by atoms with Gasteiger partial charge < -0.3 is 4.74 Å². The van der Waals surface area contributed by atoms with E-state index in [0.29, 0.717) is 10.8 Å². The molecule has 2 heterocycles. The summed E-state index contributed by atoms with van der Waals surface area (Å²) < 4.78 is 5.01. The first kappa shape index (κ1) is 8.89. The van der Waals surface area contributed by atoms with Crippen molar-refractivity contribution in [2.24, 2.45) is 0 Å². The van der Waals surface area contributed by atoms with Crippen LogP contribution in [0.25, 0.3) is 10.6 Å². The summed E-state index contributed by atoms with van der Waals surface area (Å²) in [5.74, 6) is 0.644. The van der Waals surface area contributed by atoms with Crippen LogP contribution in [-0.2, 0) is 0 Å². The Labute approximate surface area is 83.4 Å². The predicted octanol–water partition coefficient (Wildman–Crippen LogP) is 0.902. The van der Waals surface area contributed by atoms with Crippen LogP contribution in [0, 0.1) is 0 Å². The quantitative estimate of drug-likeness (QED) is 0.798. The molecule has 0 aliphatic heterocycles. The predicted molar refractivity (Wildman–Crippen MR) is 52.5 cm³/mol. The fourth-order valence-corrected chi connectivity index (χ4v) is 1.59. The highest BCUT2D eigenvalue weighted by molar-refractivity contribution is 7.12. The summed E-state index contributed by atoms with van der Waals surface area (Å²) in [7, 11) is 1.56. The molecule has 14 heavy (non-hydrogen) atoms. The third-order valence-corrected chi connectivity index (χ3v) is 2.43. The zero-order chi connectivity index (χ0) is 9.97. The number of hydrogen-bond donors (Lipinski definition) is 1. The lowest BCUT2D eigenvalue weighted by atomic mass is 10.3. The standard InChI is InChI=1S/C8H7N3O2S/c1-13-6-2-5(3-9-4-6)7-10-11-8(12)14-7/h2-4H,1H3,(H,11,12). The number of aromatic nitrogens is 3. The van der Waals surface area contributed by atoms with Crippen LogP contribution in [0.2, 0.25) is 0 Å². The molecular weight excluding hydrogens is 202 g/mol. The zero-order valence-corrected chi connectivity index (χ0v) is 8.17. The maximum atomic E-state index is 10.9. The Bertz CT molecular complexity index is 491.